The number of alkyl halides is 3. The second-order valence-electron chi connectivity index (χ2n) is 5.10. The van der Waals surface area contributed by atoms with Crippen molar-refractivity contribution in [2.45, 2.75) is 33.0 Å². The van der Waals surface area contributed by atoms with Crippen LogP contribution in [0.3, 0.4) is 0 Å². The molecule has 0 fully saturated rings. The van der Waals surface area contributed by atoms with E-state index in [1.807, 2.05) is 13.8 Å². The molecule has 1 heterocycles. The van der Waals surface area contributed by atoms with E-state index in [4.69, 9.17) is 5.11 Å². The third-order valence-electron chi connectivity index (χ3n) is 2.86. The Kier molecular flexibility index (Phi) is 6.01. The first-order chi connectivity index (χ1) is 9.21. The molecule has 20 heavy (non-hydrogen) atoms. The molecule has 2 N–H and O–H groups in total. The van der Waals surface area contributed by atoms with Gasteiger partial charge in [0.25, 0.3) is 0 Å². The maximum absolute atomic E-state index is 12.7. The Morgan fingerprint density at radius 2 is 2.05 bits per heavy atom. The molecule has 0 bridgehead atoms. The molecule has 1 aromatic rings. The number of hydrogen-bond acceptors (Lipinski definition) is 3. The van der Waals surface area contributed by atoms with Crippen LogP contribution in [0.2, 0.25) is 0 Å². The number of hydrogen-bond donors (Lipinski definition) is 2. The van der Waals surface area contributed by atoms with Gasteiger partial charge in [-0.05, 0) is 23.3 Å². The SMILES string of the molecule is CC(C)CC(CNCc1cscc1C(F)(F)F)C(=O)O. The summed E-state index contributed by atoms with van der Waals surface area (Å²) in [5.41, 5.74) is -0.484. The predicted octanol–water partition coefficient (Wildman–Crippen LogP) is 3.60. The van der Waals surface area contributed by atoms with E-state index in [9.17, 15) is 18.0 Å². The first-order valence-electron chi connectivity index (χ1n) is 6.27. The van der Waals surface area contributed by atoms with E-state index < -0.39 is 23.6 Å². The summed E-state index contributed by atoms with van der Waals surface area (Å²) in [7, 11) is 0. The molecule has 3 nitrogen and oxygen atoms in total. The Morgan fingerprint density at radius 1 is 1.40 bits per heavy atom. The van der Waals surface area contributed by atoms with Gasteiger partial charge in [0.05, 0.1) is 11.5 Å². The third-order valence-corrected chi connectivity index (χ3v) is 3.65. The molecular formula is C13H18F3NO2S. The number of nitrogens with one attached hydrogen (secondary N) is 1. The van der Waals surface area contributed by atoms with E-state index in [1.165, 1.54) is 5.38 Å². The van der Waals surface area contributed by atoms with Gasteiger partial charge in [-0.15, -0.1) is 0 Å². The molecular weight excluding hydrogens is 291 g/mol. The maximum atomic E-state index is 12.7. The molecule has 1 unspecified atom stereocenters. The molecule has 1 aromatic heterocycles. The fraction of sp³-hybridized carbons (Fsp3) is 0.615. The standard InChI is InChI=1S/C13H18F3NO2S/c1-8(2)3-9(12(18)19)4-17-5-10-6-20-7-11(10)13(14,15)16/h6-9,17H,3-5H2,1-2H3,(H,18,19). The average Bonchev–Trinajstić information content (AvgIpc) is 2.75. The molecule has 0 radical (unpaired) electrons. The summed E-state index contributed by atoms with van der Waals surface area (Å²) in [6, 6.07) is 0. The van der Waals surface area contributed by atoms with Crippen LogP contribution < -0.4 is 5.32 Å². The average molecular weight is 309 g/mol. The lowest BCUT2D eigenvalue weighted by Crippen LogP contribution is -2.29. The van der Waals surface area contributed by atoms with Crippen LogP contribution in [0.4, 0.5) is 13.2 Å². The number of thiophene rings is 1. The Balaban J connectivity index is 2.55. The summed E-state index contributed by atoms with van der Waals surface area (Å²) < 4.78 is 38.0. The lowest BCUT2D eigenvalue weighted by atomic mass is 9.97. The van der Waals surface area contributed by atoms with Crippen LogP contribution in [0, 0.1) is 11.8 Å². The van der Waals surface area contributed by atoms with Crippen LogP contribution in [0.25, 0.3) is 0 Å². The summed E-state index contributed by atoms with van der Waals surface area (Å²) >= 11 is 0.993. The van der Waals surface area contributed by atoms with Gasteiger partial charge < -0.3 is 10.4 Å². The van der Waals surface area contributed by atoms with Gasteiger partial charge in [-0.1, -0.05) is 13.8 Å². The van der Waals surface area contributed by atoms with Crippen LogP contribution in [0.15, 0.2) is 10.8 Å². The number of rotatable bonds is 7. The minimum atomic E-state index is -4.36. The molecule has 0 saturated heterocycles. The Bertz CT molecular complexity index is 443. The molecule has 0 amide bonds. The van der Waals surface area contributed by atoms with E-state index >= 15 is 0 Å². The summed E-state index contributed by atoms with van der Waals surface area (Å²) in [4.78, 5) is 11.0. The number of carboxylic acids is 1. The molecule has 0 spiro atoms. The number of carboxylic acid groups (broad SMARTS) is 1. The molecule has 1 rings (SSSR count). The molecule has 0 saturated carbocycles. The minimum Gasteiger partial charge on any atom is -0.481 e. The van der Waals surface area contributed by atoms with Gasteiger partial charge in [-0.3, -0.25) is 4.79 Å². The molecule has 114 valence electrons. The summed E-state index contributed by atoms with van der Waals surface area (Å²) in [6.45, 7) is 4.02. The zero-order valence-electron chi connectivity index (χ0n) is 11.3. The topological polar surface area (TPSA) is 49.3 Å². The first kappa shape index (κ1) is 17.0. The normalized spacial score (nSPS) is 13.7. The number of aliphatic carboxylic acids is 1. The highest BCUT2D eigenvalue weighted by atomic mass is 32.1. The van der Waals surface area contributed by atoms with Crippen molar-refractivity contribution < 1.29 is 23.1 Å². The van der Waals surface area contributed by atoms with Crippen molar-refractivity contribution in [1.82, 2.24) is 5.32 Å². The van der Waals surface area contributed by atoms with Gasteiger partial charge in [0.1, 0.15) is 0 Å². The Hall–Kier alpha value is -1.08. The van der Waals surface area contributed by atoms with Gasteiger partial charge >= 0.3 is 12.1 Å². The van der Waals surface area contributed by atoms with Gasteiger partial charge in [-0.2, -0.15) is 24.5 Å². The molecule has 0 aliphatic rings. The summed E-state index contributed by atoms with van der Waals surface area (Å²) in [5.74, 6) is -1.28. The van der Waals surface area contributed by atoms with E-state index in [0.29, 0.717) is 6.42 Å². The van der Waals surface area contributed by atoms with Crippen LogP contribution >= 0.6 is 11.3 Å². The first-order valence-corrected chi connectivity index (χ1v) is 7.22. The Morgan fingerprint density at radius 3 is 2.55 bits per heavy atom. The maximum Gasteiger partial charge on any atom is 0.417 e. The molecule has 0 aliphatic heterocycles. The van der Waals surface area contributed by atoms with E-state index in [2.05, 4.69) is 5.32 Å². The highest BCUT2D eigenvalue weighted by molar-refractivity contribution is 7.08. The van der Waals surface area contributed by atoms with Crippen LogP contribution in [0.1, 0.15) is 31.4 Å². The van der Waals surface area contributed by atoms with E-state index in [0.717, 1.165) is 16.7 Å². The second kappa shape index (κ2) is 7.08. The monoisotopic (exact) mass is 309 g/mol. The molecule has 0 aliphatic carbocycles. The smallest absolute Gasteiger partial charge is 0.417 e. The molecule has 7 heteroatoms. The predicted molar refractivity (Wildman–Crippen MR) is 71.6 cm³/mol. The van der Waals surface area contributed by atoms with Crippen molar-refractivity contribution in [2.75, 3.05) is 6.54 Å². The molecule has 1 atom stereocenters. The van der Waals surface area contributed by atoms with E-state index in [-0.39, 0.29) is 24.6 Å². The van der Waals surface area contributed by atoms with Crippen LogP contribution in [0.5, 0.6) is 0 Å². The van der Waals surface area contributed by atoms with Gasteiger partial charge in [-0.25, -0.2) is 0 Å². The van der Waals surface area contributed by atoms with Crippen molar-refractivity contribution in [3.63, 3.8) is 0 Å². The van der Waals surface area contributed by atoms with E-state index in [1.54, 1.807) is 0 Å². The highest BCUT2D eigenvalue weighted by Crippen LogP contribution is 2.34. The number of carbonyl (C=O) groups is 1. The van der Waals surface area contributed by atoms with Crippen molar-refractivity contribution in [2.24, 2.45) is 11.8 Å². The largest absolute Gasteiger partial charge is 0.481 e. The second-order valence-corrected chi connectivity index (χ2v) is 5.85. The highest BCUT2D eigenvalue weighted by Gasteiger charge is 2.33. The van der Waals surface area contributed by atoms with Crippen LogP contribution in [-0.4, -0.2) is 17.6 Å². The summed E-state index contributed by atoms with van der Waals surface area (Å²) in [5, 5.41) is 14.4. The fourth-order valence-electron chi connectivity index (χ4n) is 1.93. The van der Waals surface area contributed by atoms with Crippen LogP contribution in [-0.2, 0) is 17.5 Å². The van der Waals surface area contributed by atoms with Crippen molar-refractivity contribution in [3.8, 4) is 0 Å². The zero-order chi connectivity index (χ0) is 15.3. The summed E-state index contributed by atoms with van der Waals surface area (Å²) in [6.07, 6.45) is -3.86. The Labute approximate surface area is 119 Å². The fourth-order valence-corrected chi connectivity index (χ4v) is 2.79. The van der Waals surface area contributed by atoms with Gasteiger partial charge in [0.2, 0.25) is 0 Å². The minimum absolute atomic E-state index is 0.0280. The quantitative estimate of drug-likeness (QED) is 0.809. The van der Waals surface area contributed by atoms with Gasteiger partial charge in [0, 0.05) is 18.5 Å². The lowest BCUT2D eigenvalue weighted by molar-refractivity contribution is -0.142. The van der Waals surface area contributed by atoms with Crippen molar-refractivity contribution in [3.05, 3.63) is 21.9 Å². The van der Waals surface area contributed by atoms with Gasteiger partial charge in [0.15, 0.2) is 0 Å². The lowest BCUT2D eigenvalue weighted by Gasteiger charge is -2.16. The third kappa shape index (κ3) is 5.13. The zero-order valence-corrected chi connectivity index (χ0v) is 12.1. The number of halogens is 3. The molecule has 0 aromatic carbocycles. The van der Waals surface area contributed by atoms with Crippen molar-refractivity contribution >= 4 is 17.3 Å². The van der Waals surface area contributed by atoms with Crippen molar-refractivity contribution in [1.29, 1.82) is 0 Å².